The first kappa shape index (κ1) is 22.7. The molecule has 0 saturated carbocycles. The molecule has 2 heteroatoms. The van der Waals surface area contributed by atoms with E-state index in [1.54, 1.807) is 0 Å². The molecular weight excluding hydrogens is 126 g/mol. The van der Waals surface area contributed by atoms with Gasteiger partial charge in [-0.05, 0) is 0 Å². The normalized spacial score (nSPS) is 5.60. The van der Waals surface area contributed by atoms with E-state index in [9.17, 15) is 0 Å². The molecule has 0 aliphatic heterocycles. The van der Waals surface area contributed by atoms with Crippen LogP contribution in [0.25, 0.3) is 0 Å². The van der Waals surface area contributed by atoms with Crippen LogP contribution in [-0.2, 0) is 0 Å². The van der Waals surface area contributed by atoms with Crippen molar-refractivity contribution in [3.05, 3.63) is 0 Å². The van der Waals surface area contributed by atoms with Crippen molar-refractivity contribution < 1.29 is 5.48 Å². The number of terminal acetylenes is 1. The van der Waals surface area contributed by atoms with Gasteiger partial charge in [0.25, 0.3) is 0 Å². The average molecular weight is 147 g/mol. The van der Waals surface area contributed by atoms with Gasteiger partial charge >= 0.3 is 0 Å². The van der Waals surface area contributed by atoms with Gasteiger partial charge in [0, 0.05) is 0 Å². The Morgan fingerprint density at radius 1 is 0.900 bits per heavy atom. The van der Waals surface area contributed by atoms with E-state index in [-0.39, 0.29) is 11.6 Å². The highest BCUT2D eigenvalue weighted by molar-refractivity contribution is 4.47. The maximum Gasteiger partial charge on any atom is -0.0536 e. The standard InChI is InChI=1S/C6H14.C2H2.H3N.H2O/c1-3-5-6-4-2;1-2;;/h3-6H2,1-2H3;1-2H;1H3;1H2. The molecule has 10 heavy (non-hydrogen) atoms. The molecule has 0 amide bonds. The van der Waals surface area contributed by atoms with Crippen LogP contribution in [0.3, 0.4) is 0 Å². The molecule has 5 N–H and O–H groups in total. The predicted molar refractivity (Wildman–Crippen MR) is 48.3 cm³/mol. The first-order valence-corrected chi connectivity index (χ1v) is 3.25. The fraction of sp³-hybridized carbons (Fsp3) is 0.750. The molecule has 0 aromatic rings. The summed E-state index contributed by atoms with van der Waals surface area (Å²) in [5.41, 5.74) is 0. The summed E-state index contributed by atoms with van der Waals surface area (Å²) < 4.78 is 0. The van der Waals surface area contributed by atoms with Gasteiger partial charge in [-0.3, -0.25) is 0 Å². The quantitative estimate of drug-likeness (QED) is 0.482. The monoisotopic (exact) mass is 147 g/mol. The number of hydrogen-bond acceptors (Lipinski definition) is 1. The molecule has 0 bridgehead atoms. The Hall–Kier alpha value is -0.520. The summed E-state index contributed by atoms with van der Waals surface area (Å²) >= 11 is 0. The molecule has 0 atom stereocenters. The van der Waals surface area contributed by atoms with E-state index in [1.165, 1.54) is 25.7 Å². The zero-order chi connectivity index (χ0) is 6.83. The first-order valence-electron chi connectivity index (χ1n) is 3.25. The highest BCUT2D eigenvalue weighted by atomic mass is 16.0. The third-order valence-electron chi connectivity index (χ3n) is 0.957. The van der Waals surface area contributed by atoms with Crippen molar-refractivity contribution in [3.63, 3.8) is 0 Å². The summed E-state index contributed by atoms with van der Waals surface area (Å²) in [6.07, 6.45) is 13.5. The summed E-state index contributed by atoms with van der Waals surface area (Å²) in [5.74, 6) is 0. The van der Waals surface area contributed by atoms with E-state index in [0.29, 0.717) is 0 Å². The van der Waals surface area contributed by atoms with Gasteiger partial charge in [-0.15, -0.1) is 12.8 Å². The third kappa shape index (κ3) is 51.1. The Morgan fingerprint density at radius 2 is 1.10 bits per heavy atom. The van der Waals surface area contributed by atoms with Crippen LogP contribution in [-0.4, -0.2) is 5.48 Å². The van der Waals surface area contributed by atoms with Gasteiger partial charge in [0.2, 0.25) is 0 Å². The predicted octanol–water partition coefficient (Wildman–Crippen LogP) is 2.17. The second-order valence-corrected chi connectivity index (χ2v) is 1.71. The molecule has 0 aromatic carbocycles. The number of hydrogen-bond donors (Lipinski definition) is 1. The lowest BCUT2D eigenvalue weighted by molar-refractivity contribution is 0.702. The van der Waals surface area contributed by atoms with E-state index < -0.39 is 0 Å². The van der Waals surface area contributed by atoms with E-state index in [0.717, 1.165) is 0 Å². The van der Waals surface area contributed by atoms with Crippen molar-refractivity contribution in [2.24, 2.45) is 0 Å². The van der Waals surface area contributed by atoms with E-state index in [2.05, 4.69) is 26.7 Å². The van der Waals surface area contributed by atoms with Gasteiger partial charge in [-0.2, -0.15) is 0 Å². The third-order valence-corrected chi connectivity index (χ3v) is 0.957. The first-order chi connectivity index (χ1) is 3.91. The van der Waals surface area contributed by atoms with Crippen LogP contribution in [0.15, 0.2) is 0 Å². The molecule has 0 aliphatic carbocycles. The Morgan fingerprint density at radius 3 is 1.20 bits per heavy atom. The van der Waals surface area contributed by atoms with E-state index in [4.69, 9.17) is 0 Å². The van der Waals surface area contributed by atoms with Crippen LogP contribution >= 0.6 is 0 Å². The van der Waals surface area contributed by atoms with Crippen molar-refractivity contribution in [2.75, 3.05) is 0 Å². The Bertz CT molecular complexity index is 39.8. The molecule has 0 aliphatic rings. The van der Waals surface area contributed by atoms with Crippen molar-refractivity contribution in [1.82, 2.24) is 6.15 Å². The molecule has 0 radical (unpaired) electrons. The lowest BCUT2D eigenvalue weighted by Gasteiger charge is -1.86. The number of unbranched alkanes of at least 4 members (excludes halogenated alkanes) is 3. The fourth-order valence-electron chi connectivity index (χ4n) is 0.500. The summed E-state index contributed by atoms with van der Waals surface area (Å²) in [7, 11) is 0. The molecule has 0 saturated heterocycles. The lowest BCUT2D eigenvalue weighted by Crippen LogP contribution is -1.66. The molecule has 0 fully saturated rings. The van der Waals surface area contributed by atoms with Crippen LogP contribution in [0.5, 0.6) is 0 Å². The molecule has 2 nitrogen and oxygen atoms in total. The maximum absolute atomic E-state index is 4.00. The Balaban J connectivity index is -0.0000000412. The molecule has 0 spiro atoms. The van der Waals surface area contributed by atoms with Gasteiger partial charge in [0.1, 0.15) is 0 Å². The summed E-state index contributed by atoms with van der Waals surface area (Å²) in [5, 5.41) is 0. The fourth-order valence-corrected chi connectivity index (χ4v) is 0.500. The molecular formula is C8H21NO. The van der Waals surface area contributed by atoms with Crippen LogP contribution < -0.4 is 6.15 Å². The maximum atomic E-state index is 4.00. The molecule has 0 rings (SSSR count). The SMILES string of the molecule is C#C.CCCCCC.N.O. The molecule has 0 unspecified atom stereocenters. The Kier molecular flexibility index (Phi) is 88.9. The second kappa shape index (κ2) is 39.2. The van der Waals surface area contributed by atoms with Crippen molar-refractivity contribution >= 4 is 0 Å². The van der Waals surface area contributed by atoms with Crippen molar-refractivity contribution in [1.29, 1.82) is 0 Å². The van der Waals surface area contributed by atoms with Crippen LogP contribution in [0.2, 0.25) is 0 Å². The molecule has 64 valence electrons. The topological polar surface area (TPSA) is 66.5 Å². The zero-order valence-corrected chi connectivity index (χ0v) is 7.19. The highest BCUT2D eigenvalue weighted by Crippen LogP contribution is 1.95. The highest BCUT2D eigenvalue weighted by Gasteiger charge is 1.75. The van der Waals surface area contributed by atoms with Crippen LogP contribution in [0, 0.1) is 12.8 Å². The average Bonchev–Trinajstić information content (AvgIpc) is 1.88. The van der Waals surface area contributed by atoms with Crippen molar-refractivity contribution in [2.45, 2.75) is 39.5 Å². The Labute approximate surface area is 64.9 Å². The minimum absolute atomic E-state index is 0. The lowest BCUT2D eigenvalue weighted by atomic mass is 10.2. The molecule has 0 heterocycles. The van der Waals surface area contributed by atoms with Gasteiger partial charge in [0.15, 0.2) is 0 Å². The summed E-state index contributed by atoms with van der Waals surface area (Å²) in [6, 6.07) is 0. The van der Waals surface area contributed by atoms with Crippen LogP contribution in [0.4, 0.5) is 0 Å². The van der Waals surface area contributed by atoms with E-state index >= 15 is 0 Å². The van der Waals surface area contributed by atoms with E-state index in [1.807, 2.05) is 0 Å². The second-order valence-electron chi connectivity index (χ2n) is 1.71. The van der Waals surface area contributed by atoms with Crippen molar-refractivity contribution in [3.8, 4) is 12.8 Å². The summed E-state index contributed by atoms with van der Waals surface area (Å²) in [4.78, 5) is 0. The van der Waals surface area contributed by atoms with Gasteiger partial charge in [-0.1, -0.05) is 39.5 Å². The molecule has 0 aromatic heterocycles. The summed E-state index contributed by atoms with van der Waals surface area (Å²) in [6.45, 7) is 4.46. The minimum atomic E-state index is 0. The zero-order valence-electron chi connectivity index (χ0n) is 7.19. The largest absolute Gasteiger partial charge is 0.412 e. The van der Waals surface area contributed by atoms with Gasteiger partial charge in [0.05, 0.1) is 0 Å². The number of rotatable bonds is 3. The smallest absolute Gasteiger partial charge is 0.0536 e. The van der Waals surface area contributed by atoms with Gasteiger partial charge in [-0.25, -0.2) is 0 Å². The van der Waals surface area contributed by atoms with Crippen LogP contribution in [0.1, 0.15) is 39.5 Å². The van der Waals surface area contributed by atoms with Gasteiger partial charge < -0.3 is 11.6 Å². The minimum Gasteiger partial charge on any atom is -0.412 e.